The van der Waals surface area contributed by atoms with E-state index in [1.165, 1.54) is 25.9 Å². The minimum absolute atomic E-state index is 0.151. The summed E-state index contributed by atoms with van der Waals surface area (Å²) in [6, 6.07) is 0. The number of piperidine rings is 1. The van der Waals surface area contributed by atoms with E-state index in [0.29, 0.717) is 11.8 Å². The minimum atomic E-state index is 0.151. The van der Waals surface area contributed by atoms with Crippen LogP contribution in [0, 0.1) is 11.8 Å². The molecule has 2 aromatic rings. The first-order chi connectivity index (χ1) is 11.8. The first kappa shape index (κ1) is 15.8. The van der Waals surface area contributed by atoms with E-state index in [0.717, 1.165) is 31.9 Å². The lowest BCUT2D eigenvalue weighted by Gasteiger charge is -2.34. The van der Waals surface area contributed by atoms with Gasteiger partial charge in [-0.15, -0.1) is 0 Å². The van der Waals surface area contributed by atoms with Gasteiger partial charge in [-0.3, -0.25) is 4.68 Å². The van der Waals surface area contributed by atoms with Crippen molar-refractivity contribution in [2.45, 2.75) is 31.9 Å². The number of likely N-dealkylation sites (tertiary alicyclic amines) is 1. The summed E-state index contributed by atoms with van der Waals surface area (Å²) in [6.07, 6.45) is 11.1. The van der Waals surface area contributed by atoms with Crippen LogP contribution < -0.4 is 0 Å². The van der Waals surface area contributed by atoms with Gasteiger partial charge in [-0.2, -0.15) is 5.10 Å². The molecule has 0 saturated carbocycles. The average Bonchev–Trinajstić information content (AvgIpc) is 3.32. The van der Waals surface area contributed by atoms with Crippen LogP contribution in [0.2, 0.25) is 0 Å². The van der Waals surface area contributed by atoms with Gasteiger partial charge in [-0.1, -0.05) is 0 Å². The third kappa shape index (κ3) is 3.37. The van der Waals surface area contributed by atoms with Gasteiger partial charge in [0.15, 0.2) is 0 Å². The quantitative estimate of drug-likeness (QED) is 0.831. The Bertz CT molecular complexity index is 631. The molecule has 4 heterocycles. The molecule has 2 atom stereocenters. The molecule has 2 aliphatic heterocycles. The Kier molecular flexibility index (Phi) is 4.62. The van der Waals surface area contributed by atoms with E-state index < -0.39 is 0 Å². The summed E-state index contributed by atoms with van der Waals surface area (Å²) in [5.41, 5.74) is 0. The predicted molar refractivity (Wildman–Crippen MR) is 89.2 cm³/mol. The number of nitrogens with zero attached hydrogens (tertiary/aromatic N) is 6. The Balaban J connectivity index is 1.29. The first-order valence-corrected chi connectivity index (χ1v) is 8.93. The second kappa shape index (κ2) is 7.03. The molecule has 0 aliphatic carbocycles. The number of ether oxygens (including phenoxy) is 1. The van der Waals surface area contributed by atoms with E-state index in [9.17, 15) is 0 Å². The lowest BCUT2D eigenvalue weighted by molar-refractivity contribution is 0.0625. The monoisotopic (exact) mass is 330 g/mol. The van der Waals surface area contributed by atoms with Gasteiger partial charge in [0, 0.05) is 45.1 Å². The van der Waals surface area contributed by atoms with E-state index >= 15 is 0 Å². The molecule has 0 amide bonds. The van der Waals surface area contributed by atoms with Crippen LogP contribution in [0.25, 0.3) is 0 Å². The van der Waals surface area contributed by atoms with Gasteiger partial charge in [-0.25, -0.2) is 9.97 Å². The summed E-state index contributed by atoms with van der Waals surface area (Å²) in [5, 5.41) is 4.23. The van der Waals surface area contributed by atoms with E-state index in [4.69, 9.17) is 4.74 Å². The molecule has 2 fully saturated rings. The van der Waals surface area contributed by atoms with E-state index in [1.54, 1.807) is 6.33 Å². The van der Waals surface area contributed by atoms with Crippen molar-refractivity contribution in [3.63, 3.8) is 0 Å². The van der Waals surface area contributed by atoms with Gasteiger partial charge < -0.3 is 14.2 Å². The van der Waals surface area contributed by atoms with E-state index in [1.807, 2.05) is 23.4 Å². The number of hydrogen-bond donors (Lipinski definition) is 0. The SMILES string of the molecule is Cn1ccnc1[C@@H]1OCC[C@H]1CN1CCC(Cn2cncn2)CC1. The van der Waals surface area contributed by atoms with Crippen molar-refractivity contribution in [3.05, 3.63) is 30.9 Å². The van der Waals surface area contributed by atoms with Gasteiger partial charge in [-0.05, 0) is 38.3 Å². The van der Waals surface area contributed by atoms with Gasteiger partial charge in [0.25, 0.3) is 0 Å². The van der Waals surface area contributed by atoms with E-state index in [2.05, 4.69) is 31.6 Å². The summed E-state index contributed by atoms with van der Waals surface area (Å²) >= 11 is 0. The van der Waals surface area contributed by atoms with Crippen LogP contribution in [-0.4, -0.2) is 55.5 Å². The maximum Gasteiger partial charge on any atom is 0.137 e. The smallest absolute Gasteiger partial charge is 0.137 e. The van der Waals surface area contributed by atoms with Gasteiger partial charge in [0.2, 0.25) is 0 Å². The Morgan fingerprint density at radius 2 is 2.08 bits per heavy atom. The highest BCUT2D eigenvalue weighted by atomic mass is 16.5. The van der Waals surface area contributed by atoms with Crippen LogP contribution >= 0.6 is 0 Å². The summed E-state index contributed by atoms with van der Waals surface area (Å²) in [4.78, 5) is 11.1. The topological polar surface area (TPSA) is 61.0 Å². The Morgan fingerprint density at radius 1 is 1.21 bits per heavy atom. The highest BCUT2D eigenvalue weighted by Crippen LogP contribution is 2.34. The summed E-state index contributed by atoms with van der Waals surface area (Å²) in [5.74, 6) is 2.34. The van der Waals surface area contributed by atoms with Crippen LogP contribution in [-0.2, 0) is 18.3 Å². The molecule has 0 bridgehead atoms. The summed E-state index contributed by atoms with van der Waals surface area (Å²) < 4.78 is 10.0. The molecule has 2 saturated heterocycles. The van der Waals surface area contributed by atoms with Crippen LogP contribution in [0.5, 0.6) is 0 Å². The zero-order valence-corrected chi connectivity index (χ0v) is 14.3. The standard InChI is InChI=1S/C17H26N6O/c1-21-8-5-19-17(21)16-15(4-9-24-16)11-22-6-2-14(3-7-22)10-23-13-18-12-20-23/h5,8,12-16H,2-4,6-7,9-11H2,1H3/t15-,16+/m0/s1. The molecule has 130 valence electrons. The second-order valence-electron chi connectivity index (χ2n) is 7.10. The zero-order chi connectivity index (χ0) is 16.4. The molecule has 7 heteroatoms. The normalized spacial score (nSPS) is 26.2. The van der Waals surface area contributed by atoms with Crippen molar-refractivity contribution < 1.29 is 4.74 Å². The number of imidazole rings is 1. The maximum absolute atomic E-state index is 6.00. The number of aryl methyl sites for hydroxylation is 1. The fourth-order valence-electron chi connectivity index (χ4n) is 4.03. The molecule has 0 aromatic carbocycles. The molecule has 24 heavy (non-hydrogen) atoms. The predicted octanol–water partition coefficient (Wildman–Crippen LogP) is 1.50. The van der Waals surface area contributed by atoms with Crippen LogP contribution in [0.4, 0.5) is 0 Å². The van der Waals surface area contributed by atoms with Crippen molar-refractivity contribution in [1.82, 2.24) is 29.2 Å². The molecule has 2 aromatic heterocycles. The summed E-state index contributed by atoms with van der Waals surface area (Å²) in [7, 11) is 2.05. The van der Waals surface area contributed by atoms with Crippen LogP contribution in [0.1, 0.15) is 31.2 Å². The lowest BCUT2D eigenvalue weighted by atomic mass is 9.94. The fourth-order valence-corrected chi connectivity index (χ4v) is 4.03. The molecule has 4 rings (SSSR count). The maximum atomic E-state index is 6.00. The number of aromatic nitrogens is 5. The fraction of sp³-hybridized carbons (Fsp3) is 0.706. The lowest BCUT2D eigenvalue weighted by Crippen LogP contribution is -2.38. The number of rotatable bonds is 5. The highest BCUT2D eigenvalue weighted by molar-refractivity contribution is 5.01. The largest absolute Gasteiger partial charge is 0.370 e. The first-order valence-electron chi connectivity index (χ1n) is 8.93. The van der Waals surface area contributed by atoms with Crippen molar-refractivity contribution in [1.29, 1.82) is 0 Å². The van der Waals surface area contributed by atoms with E-state index in [-0.39, 0.29) is 6.10 Å². The Labute approximate surface area is 142 Å². The Morgan fingerprint density at radius 3 is 2.79 bits per heavy atom. The van der Waals surface area contributed by atoms with Crippen molar-refractivity contribution in [3.8, 4) is 0 Å². The molecule has 2 aliphatic rings. The molecule has 0 radical (unpaired) electrons. The number of hydrogen-bond acceptors (Lipinski definition) is 5. The molecule has 0 spiro atoms. The minimum Gasteiger partial charge on any atom is -0.370 e. The zero-order valence-electron chi connectivity index (χ0n) is 14.3. The molecule has 7 nitrogen and oxygen atoms in total. The summed E-state index contributed by atoms with van der Waals surface area (Å²) in [6.45, 7) is 5.31. The highest BCUT2D eigenvalue weighted by Gasteiger charge is 2.34. The second-order valence-corrected chi connectivity index (χ2v) is 7.10. The average molecular weight is 330 g/mol. The molecule has 0 N–H and O–H groups in total. The van der Waals surface area contributed by atoms with Gasteiger partial charge in [0.1, 0.15) is 24.6 Å². The third-order valence-electron chi connectivity index (χ3n) is 5.44. The third-order valence-corrected chi connectivity index (χ3v) is 5.44. The van der Waals surface area contributed by atoms with Crippen LogP contribution in [0.15, 0.2) is 25.0 Å². The van der Waals surface area contributed by atoms with Gasteiger partial charge in [0.05, 0.1) is 0 Å². The molecular formula is C17H26N6O. The van der Waals surface area contributed by atoms with Gasteiger partial charge >= 0.3 is 0 Å². The molecular weight excluding hydrogens is 304 g/mol. The molecule has 0 unspecified atom stereocenters. The van der Waals surface area contributed by atoms with Crippen molar-refractivity contribution in [2.75, 3.05) is 26.2 Å². The van der Waals surface area contributed by atoms with Crippen molar-refractivity contribution >= 4 is 0 Å². The Hall–Kier alpha value is -1.73. The van der Waals surface area contributed by atoms with Crippen molar-refractivity contribution in [2.24, 2.45) is 18.9 Å². The van der Waals surface area contributed by atoms with Crippen LogP contribution in [0.3, 0.4) is 0 Å².